The minimum absolute atomic E-state index is 0.0260. The number of carboxylic acids is 1. The van der Waals surface area contributed by atoms with Gasteiger partial charge in [0, 0.05) is 17.6 Å². The molecule has 0 aliphatic carbocycles. The van der Waals surface area contributed by atoms with Gasteiger partial charge in [0.2, 0.25) is 0 Å². The number of nitrogens with one attached hydrogen (secondary N) is 2. The number of carbonyl (C=O) groups is 2. The van der Waals surface area contributed by atoms with E-state index in [0.29, 0.717) is 6.54 Å². The minimum Gasteiger partial charge on any atom is -0.481 e. The molecular formula is C12H19N3O3S. The second-order valence-corrected chi connectivity index (χ2v) is 5.92. The van der Waals surface area contributed by atoms with Gasteiger partial charge in [0.05, 0.1) is 17.5 Å². The highest BCUT2D eigenvalue weighted by Crippen LogP contribution is 2.11. The predicted octanol–water partition coefficient (Wildman–Crippen LogP) is 1.61. The predicted molar refractivity (Wildman–Crippen MR) is 73.1 cm³/mol. The molecule has 1 aromatic heterocycles. The number of aromatic nitrogens is 1. The fraction of sp³-hybridized carbons (Fsp3) is 0.583. The average Bonchev–Trinajstić information content (AvgIpc) is 2.71. The highest BCUT2D eigenvalue weighted by molar-refractivity contribution is 7.11. The average molecular weight is 285 g/mol. The Labute approximate surface area is 116 Å². The molecule has 1 heterocycles. The lowest BCUT2D eigenvalue weighted by Crippen LogP contribution is -2.40. The number of aryl methyl sites for hydroxylation is 1. The number of nitrogens with zero attached hydrogens (tertiary/aromatic N) is 1. The summed E-state index contributed by atoms with van der Waals surface area (Å²) in [6.07, 6.45) is 1.72. The van der Waals surface area contributed by atoms with Gasteiger partial charge in [-0.15, -0.1) is 11.3 Å². The molecule has 0 bridgehead atoms. The van der Waals surface area contributed by atoms with E-state index < -0.39 is 11.9 Å². The van der Waals surface area contributed by atoms with Crippen LogP contribution in [0, 0.1) is 18.8 Å². The number of carboxylic acid groups (broad SMARTS) is 1. The van der Waals surface area contributed by atoms with Crippen LogP contribution in [0.3, 0.4) is 0 Å². The molecule has 3 N–H and O–H groups in total. The molecule has 2 amide bonds. The number of hydrogen-bond donors (Lipinski definition) is 3. The van der Waals surface area contributed by atoms with Crippen molar-refractivity contribution in [1.82, 2.24) is 15.6 Å². The van der Waals surface area contributed by atoms with Gasteiger partial charge in [-0.1, -0.05) is 13.8 Å². The van der Waals surface area contributed by atoms with Gasteiger partial charge >= 0.3 is 12.0 Å². The molecule has 0 spiro atoms. The Morgan fingerprint density at radius 3 is 2.58 bits per heavy atom. The van der Waals surface area contributed by atoms with Crippen LogP contribution in [0.25, 0.3) is 0 Å². The van der Waals surface area contributed by atoms with Crippen molar-refractivity contribution in [2.75, 3.05) is 6.54 Å². The molecule has 1 rings (SSSR count). The first kappa shape index (κ1) is 15.4. The summed E-state index contributed by atoms with van der Waals surface area (Å²) in [7, 11) is 0. The van der Waals surface area contributed by atoms with Crippen LogP contribution >= 0.6 is 11.3 Å². The molecule has 0 saturated carbocycles. The molecule has 106 valence electrons. The van der Waals surface area contributed by atoms with Crippen LogP contribution in [0.15, 0.2) is 6.20 Å². The molecule has 0 fully saturated rings. The van der Waals surface area contributed by atoms with E-state index in [1.807, 2.05) is 20.8 Å². The molecule has 0 saturated heterocycles. The van der Waals surface area contributed by atoms with Crippen molar-refractivity contribution in [1.29, 1.82) is 0 Å². The van der Waals surface area contributed by atoms with Gasteiger partial charge in [0.25, 0.3) is 0 Å². The van der Waals surface area contributed by atoms with E-state index in [2.05, 4.69) is 15.6 Å². The number of aliphatic carboxylic acids is 1. The van der Waals surface area contributed by atoms with Crippen LogP contribution in [0.4, 0.5) is 4.79 Å². The van der Waals surface area contributed by atoms with Crippen molar-refractivity contribution < 1.29 is 14.7 Å². The Bertz CT molecular complexity index is 445. The molecule has 1 atom stereocenters. The lowest BCUT2D eigenvalue weighted by atomic mass is 9.96. The molecule has 19 heavy (non-hydrogen) atoms. The van der Waals surface area contributed by atoms with Crippen molar-refractivity contribution >= 4 is 23.3 Å². The van der Waals surface area contributed by atoms with Gasteiger partial charge in [-0.25, -0.2) is 9.78 Å². The van der Waals surface area contributed by atoms with E-state index >= 15 is 0 Å². The maximum Gasteiger partial charge on any atom is 0.315 e. The fourth-order valence-corrected chi connectivity index (χ4v) is 2.26. The summed E-state index contributed by atoms with van der Waals surface area (Å²) < 4.78 is 0. The largest absolute Gasteiger partial charge is 0.481 e. The van der Waals surface area contributed by atoms with E-state index in [4.69, 9.17) is 5.11 Å². The molecule has 7 heteroatoms. The summed E-state index contributed by atoms with van der Waals surface area (Å²) in [4.78, 5) is 27.5. The van der Waals surface area contributed by atoms with Crippen molar-refractivity contribution in [3.05, 3.63) is 16.1 Å². The van der Waals surface area contributed by atoms with Crippen LogP contribution in [0.1, 0.15) is 23.7 Å². The summed E-state index contributed by atoms with van der Waals surface area (Å²) in [5.41, 5.74) is 0. The van der Waals surface area contributed by atoms with Crippen molar-refractivity contribution in [3.8, 4) is 0 Å². The third-order valence-corrected chi connectivity index (χ3v) is 3.61. The highest BCUT2D eigenvalue weighted by Gasteiger charge is 2.21. The Kier molecular flexibility index (Phi) is 5.75. The summed E-state index contributed by atoms with van der Waals surface area (Å²) in [6.45, 7) is 6.06. The zero-order valence-electron chi connectivity index (χ0n) is 11.3. The lowest BCUT2D eigenvalue weighted by molar-refractivity contribution is -0.142. The monoisotopic (exact) mass is 285 g/mol. The molecule has 0 aliphatic rings. The van der Waals surface area contributed by atoms with Gasteiger partial charge in [0.1, 0.15) is 0 Å². The van der Waals surface area contributed by atoms with E-state index in [1.54, 1.807) is 6.20 Å². The van der Waals surface area contributed by atoms with Gasteiger partial charge in [0.15, 0.2) is 0 Å². The van der Waals surface area contributed by atoms with Crippen LogP contribution in [-0.2, 0) is 11.3 Å². The van der Waals surface area contributed by atoms with E-state index in [9.17, 15) is 9.59 Å². The zero-order valence-corrected chi connectivity index (χ0v) is 12.1. The normalized spacial score (nSPS) is 12.2. The Morgan fingerprint density at radius 1 is 1.42 bits per heavy atom. The summed E-state index contributed by atoms with van der Waals surface area (Å²) >= 11 is 1.52. The molecule has 0 radical (unpaired) electrons. The Hall–Kier alpha value is -1.63. The summed E-state index contributed by atoms with van der Waals surface area (Å²) in [5.74, 6) is -1.49. The summed E-state index contributed by atoms with van der Waals surface area (Å²) in [6, 6.07) is -0.363. The number of amides is 2. The topological polar surface area (TPSA) is 91.3 Å². The third-order valence-electron chi connectivity index (χ3n) is 2.70. The third kappa shape index (κ3) is 5.25. The van der Waals surface area contributed by atoms with Crippen molar-refractivity contribution in [2.24, 2.45) is 11.8 Å². The molecular weight excluding hydrogens is 266 g/mol. The Balaban J connectivity index is 2.33. The smallest absolute Gasteiger partial charge is 0.315 e. The lowest BCUT2D eigenvalue weighted by Gasteiger charge is -2.16. The minimum atomic E-state index is -0.895. The zero-order chi connectivity index (χ0) is 14.4. The second kappa shape index (κ2) is 7.08. The standard InChI is InChI=1S/C12H19N3O3S/c1-7(2)10(11(16)17)6-15-12(18)14-5-9-4-13-8(3)19-9/h4,7,10H,5-6H2,1-3H3,(H,16,17)(H2,14,15,18). The van der Waals surface area contributed by atoms with Gasteiger partial charge in [-0.05, 0) is 12.8 Å². The van der Waals surface area contributed by atoms with Crippen LogP contribution in [0.5, 0.6) is 0 Å². The molecule has 1 unspecified atom stereocenters. The number of hydrogen-bond acceptors (Lipinski definition) is 4. The van der Waals surface area contributed by atoms with Crippen molar-refractivity contribution in [2.45, 2.75) is 27.3 Å². The fourth-order valence-electron chi connectivity index (χ4n) is 1.53. The van der Waals surface area contributed by atoms with Crippen LogP contribution in [-0.4, -0.2) is 28.6 Å². The van der Waals surface area contributed by atoms with Gasteiger partial charge < -0.3 is 15.7 Å². The quantitative estimate of drug-likeness (QED) is 0.740. The maximum atomic E-state index is 11.5. The van der Waals surface area contributed by atoms with E-state index in [0.717, 1.165) is 9.88 Å². The molecule has 1 aromatic rings. The SMILES string of the molecule is Cc1ncc(CNC(=O)NCC(C(=O)O)C(C)C)s1. The van der Waals surface area contributed by atoms with Crippen LogP contribution in [0.2, 0.25) is 0 Å². The highest BCUT2D eigenvalue weighted by atomic mass is 32.1. The van der Waals surface area contributed by atoms with E-state index in [-0.39, 0.29) is 18.5 Å². The molecule has 0 aromatic carbocycles. The number of rotatable bonds is 6. The summed E-state index contributed by atoms with van der Waals surface area (Å²) in [5, 5.41) is 15.2. The Morgan fingerprint density at radius 2 is 2.11 bits per heavy atom. The van der Waals surface area contributed by atoms with Crippen LogP contribution < -0.4 is 10.6 Å². The molecule has 0 aliphatic heterocycles. The maximum absolute atomic E-state index is 11.5. The second-order valence-electron chi connectivity index (χ2n) is 4.60. The number of carbonyl (C=O) groups excluding carboxylic acids is 1. The number of urea groups is 1. The first-order valence-corrected chi connectivity index (χ1v) is 6.87. The van der Waals surface area contributed by atoms with Gasteiger partial charge in [-0.3, -0.25) is 4.79 Å². The number of thiazole rings is 1. The van der Waals surface area contributed by atoms with E-state index in [1.165, 1.54) is 11.3 Å². The van der Waals surface area contributed by atoms with Crippen molar-refractivity contribution in [3.63, 3.8) is 0 Å². The molecule has 6 nitrogen and oxygen atoms in total. The first-order valence-electron chi connectivity index (χ1n) is 6.06. The van der Waals surface area contributed by atoms with Gasteiger partial charge in [-0.2, -0.15) is 0 Å². The first-order chi connectivity index (χ1) is 8.90.